The molecule has 3 atom stereocenters. The molecule has 0 bridgehead atoms. The smallest absolute Gasteiger partial charge is 0.335 e. The number of amides is 1. The number of likely N-dealkylation sites (tertiary alicyclic amines) is 1. The molecule has 2 aliphatic carbocycles. The fraction of sp³-hybridized carbons (Fsp3) is 0.433. The van der Waals surface area contributed by atoms with Crippen molar-refractivity contribution in [3.63, 3.8) is 0 Å². The maximum absolute atomic E-state index is 15.2. The Labute approximate surface area is 243 Å². The van der Waals surface area contributed by atoms with E-state index in [4.69, 9.17) is 16.7 Å². The molecule has 3 aliphatic rings. The van der Waals surface area contributed by atoms with E-state index >= 15 is 4.39 Å². The van der Waals surface area contributed by atoms with Gasteiger partial charge in [0.25, 0.3) is 0 Å². The van der Waals surface area contributed by atoms with Gasteiger partial charge in [0.1, 0.15) is 18.1 Å². The predicted octanol–water partition coefficient (Wildman–Crippen LogP) is 5.03. The van der Waals surface area contributed by atoms with Crippen LogP contribution in [0.25, 0.3) is 11.3 Å². The van der Waals surface area contributed by atoms with Gasteiger partial charge in [-0.2, -0.15) is 5.10 Å². The van der Waals surface area contributed by atoms with E-state index in [1.54, 1.807) is 22.9 Å². The normalized spacial score (nSPS) is 22.8. The number of aromatic carboxylic acids is 1. The summed E-state index contributed by atoms with van der Waals surface area (Å²) in [4.78, 5) is 26.0. The summed E-state index contributed by atoms with van der Waals surface area (Å²) in [5.74, 6) is -2.93. The molecule has 2 fully saturated rings. The Morgan fingerprint density at radius 1 is 1.17 bits per heavy atom. The molecule has 7 nitrogen and oxygen atoms in total. The number of carboxylic acid groups (broad SMARTS) is 1. The highest BCUT2D eigenvalue weighted by Gasteiger charge is 2.53. The van der Waals surface area contributed by atoms with E-state index in [2.05, 4.69) is 0 Å². The van der Waals surface area contributed by atoms with E-state index in [9.17, 15) is 33.0 Å². The van der Waals surface area contributed by atoms with Gasteiger partial charge in [-0.05, 0) is 61.1 Å². The van der Waals surface area contributed by atoms with Crippen molar-refractivity contribution in [1.82, 2.24) is 14.7 Å². The van der Waals surface area contributed by atoms with E-state index in [0.717, 1.165) is 6.07 Å². The molecule has 12 heteroatoms. The minimum atomic E-state index is -2.59. The lowest BCUT2D eigenvalue weighted by atomic mass is 9.84. The summed E-state index contributed by atoms with van der Waals surface area (Å²) in [6.45, 7) is -0.308. The van der Waals surface area contributed by atoms with Crippen LogP contribution in [0.1, 0.15) is 52.0 Å². The number of fused-ring (bicyclic) bond motifs is 1. The first-order valence-corrected chi connectivity index (χ1v) is 14.2. The highest BCUT2D eigenvalue weighted by atomic mass is 35.5. The van der Waals surface area contributed by atoms with E-state index < -0.39 is 41.8 Å². The van der Waals surface area contributed by atoms with Gasteiger partial charge in [0.05, 0.1) is 29.8 Å². The number of carbonyl (C=O) groups is 2. The minimum absolute atomic E-state index is 0.00344. The quantitative estimate of drug-likeness (QED) is 0.368. The zero-order valence-corrected chi connectivity index (χ0v) is 23.1. The van der Waals surface area contributed by atoms with Gasteiger partial charge in [0, 0.05) is 40.7 Å². The Morgan fingerprint density at radius 3 is 2.55 bits per heavy atom. The van der Waals surface area contributed by atoms with Gasteiger partial charge in [-0.25, -0.2) is 22.4 Å². The van der Waals surface area contributed by atoms with Crippen LogP contribution >= 0.6 is 11.6 Å². The van der Waals surface area contributed by atoms with E-state index in [-0.39, 0.29) is 53.8 Å². The number of hydrogen-bond acceptors (Lipinski definition) is 4. The molecule has 1 aromatic heterocycles. The molecular weight excluding hydrogens is 578 g/mol. The highest BCUT2D eigenvalue weighted by molar-refractivity contribution is 6.31. The topological polar surface area (TPSA) is 95.7 Å². The average molecular weight is 606 g/mol. The molecular formula is C30H28ClF4N3O4. The fourth-order valence-corrected chi connectivity index (χ4v) is 6.57. The SMILES string of the molecule is O=C(O)c1ccc(-c2nn(Cc3c(Cl)cccc3C3(C(F)F)CC3)c3c2CCC(C(=O)N2C[C@@H](O)[C@@H](F)C2)C3)c(F)c1. The van der Waals surface area contributed by atoms with E-state index in [0.29, 0.717) is 48.1 Å². The summed E-state index contributed by atoms with van der Waals surface area (Å²) < 4.78 is 59.1. The maximum atomic E-state index is 15.2. The van der Waals surface area contributed by atoms with Gasteiger partial charge in [-0.3, -0.25) is 9.48 Å². The van der Waals surface area contributed by atoms with Crippen molar-refractivity contribution in [2.75, 3.05) is 13.1 Å². The van der Waals surface area contributed by atoms with Crippen LogP contribution in [0, 0.1) is 11.7 Å². The second-order valence-electron chi connectivity index (χ2n) is 11.4. The lowest BCUT2D eigenvalue weighted by molar-refractivity contribution is -0.135. The van der Waals surface area contributed by atoms with Crippen molar-refractivity contribution in [1.29, 1.82) is 0 Å². The summed E-state index contributed by atoms with van der Waals surface area (Å²) in [5, 5.41) is 24.1. The number of carbonyl (C=O) groups excluding carboxylic acids is 1. The Bertz CT molecular complexity index is 1560. The molecule has 0 radical (unpaired) electrons. The molecule has 2 heterocycles. The van der Waals surface area contributed by atoms with Gasteiger partial charge in [0.2, 0.25) is 12.3 Å². The Morgan fingerprint density at radius 2 is 1.93 bits per heavy atom. The number of hydrogen-bond donors (Lipinski definition) is 2. The van der Waals surface area contributed by atoms with Crippen molar-refractivity contribution in [3.8, 4) is 11.3 Å². The van der Waals surface area contributed by atoms with Crippen molar-refractivity contribution in [2.45, 2.75) is 62.8 Å². The highest BCUT2D eigenvalue weighted by Crippen LogP contribution is 2.54. The Kier molecular flexibility index (Phi) is 7.29. The van der Waals surface area contributed by atoms with Crippen LogP contribution in [0.5, 0.6) is 0 Å². The van der Waals surface area contributed by atoms with Crippen molar-refractivity contribution in [2.24, 2.45) is 5.92 Å². The van der Waals surface area contributed by atoms with Crippen LogP contribution in [-0.4, -0.2) is 68.6 Å². The largest absolute Gasteiger partial charge is 0.478 e. The molecule has 3 aromatic rings. The molecule has 1 saturated heterocycles. The van der Waals surface area contributed by atoms with Crippen LogP contribution in [-0.2, 0) is 29.6 Å². The third-order valence-electron chi connectivity index (χ3n) is 8.87. The lowest BCUT2D eigenvalue weighted by Crippen LogP contribution is -2.38. The molecule has 0 spiro atoms. The van der Waals surface area contributed by atoms with Crippen LogP contribution in [0.15, 0.2) is 36.4 Å². The molecule has 1 unspecified atom stereocenters. The number of carboxylic acids is 1. The second-order valence-corrected chi connectivity index (χ2v) is 11.8. The number of aliphatic hydroxyl groups is 1. The lowest BCUT2D eigenvalue weighted by Gasteiger charge is -2.27. The number of halogens is 5. The van der Waals surface area contributed by atoms with Gasteiger partial charge >= 0.3 is 5.97 Å². The minimum Gasteiger partial charge on any atom is -0.478 e. The molecule has 6 rings (SSSR count). The number of aliphatic hydroxyl groups excluding tert-OH is 1. The third-order valence-corrected chi connectivity index (χ3v) is 9.22. The van der Waals surface area contributed by atoms with Gasteiger partial charge in [0.15, 0.2) is 0 Å². The fourth-order valence-electron chi connectivity index (χ4n) is 6.34. The molecule has 2 N–H and O–H groups in total. The first kappa shape index (κ1) is 28.7. The zero-order chi connectivity index (χ0) is 29.9. The predicted molar refractivity (Wildman–Crippen MR) is 145 cm³/mol. The second kappa shape index (κ2) is 10.7. The van der Waals surface area contributed by atoms with Crippen molar-refractivity contribution < 1.29 is 37.4 Å². The van der Waals surface area contributed by atoms with Crippen LogP contribution < -0.4 is 0 Å². The average Bonchev–Trinajstić information content (AvgIpc) is 3.61. The number of benzene rings is 2. The Hall–Kier alpha value is -3.44. The van der Waals surface area contributed by atoms with Gasteiger partial charge in [-0.1, -0.05) is 23.7 Å². The summed E-state index contributed by atoms with van der Waals surface area (Å²) in [7, 11) is 0. The number of rotatable bonds is 7. The first-order chi connectivity index (χ1) is 20.0. The van der Waals surface area contributed by atoms with E-state index in [1.165, 1.54) is 17.0 Å². The van der Waals surface area contributed by atoms with Crippen LogP contribution in [0.2, 0.25) is 5.02 Å². The Balaban J connectivity index is 1.42. The van der Waals surface area contributed by atoms with Crippen LogP contribution in [0.4, 0.5) is 17.6 Å². The molecule has 1 aliphatic heterocycles. The summed E-state index contributed by atoms with van der Waals surface area (Å²) >= 11 is 6.57. The monoisotopic (exact) mass is 605 g/mol. The van der Waals surface area contributed by atoms with Gasteiger partial charge in [-0.15, -0.1) is 0 Å². The van der Waals surface area contributed by atoms with Crippen molar-refractivity contribution >= 4 is 23.5 Å². The zero-order valence-electron chi connectivity index (χ0n) is 22.4. The van der Waals surface area contributed by atoms with Crippen LogP contribution in [0.3, 0.4) is 0 Å². The van der Waals surface area contributed by atoms with Crippen molar-refractivity contribution in [3.05, 3.63) is 75.2 Å². The third kappa shape index (κ3) is 4.86. The number of alkyl halides is 3. The number of aromatic nitrogens is 2. The maximum Gasteiger partial charge on any atom is 0.335 e. The van der Waals surface area contributed by atoms with Gasteiger partial charge < -0.3 is 15.1 Å². The standard InChI is InChI=1S/C30H28ClF4N3O4/c31-21-3-1-2-20(30(8-9-30)29(34)35)19(21)12-38-24-11-15(27(40)37-13-23(33)25(39)14-37)4-7-18(24)26(36-38)17-6-5-16(28(41)42)10-22(17)32/h1-3,5-6,10,15,23,25,29,39H,4,7-9,11-14H2,(H,41,42)/t15?,23-,25+/m0/s1. The van der Waals surface area contributed by atoms with E-state index in [1.807, 2.05) is 0 Å². The molecule has 1 saturated carbocycles. The summed E-state index contributed by atoms with van der Waals surface area (Å²) in [6, 6.07) is 8.41. The first-order valence-electron chi connectivity index (χ1n) is 13.8. The molecule has 2 aromatic carbocycles. The molecule has 222 valence electrons. The number of β-amino-alcohol motifs (C(OH)–C–C–N with tert-alkyl or cyclic N) is 1. The summed E-state index contributed by atoms with van der Waals surface area (Å²) in [6.07, 6.45) is -3.85. The number of nitrogens with zero attached hydrogens (tertiary/aromatic N) is 3. The molecule has 42 heavy (non-hydrogen) atoms. The summed E-state index contributed by atoms with van der Waals surface area (Å²) in [5.41, 5.74) is 0.977. The molecule has 1 amide bonds.